The zero-order valence-electron chi connectivity index (χ0n) is 12.9. The monoisotopic (exact) mass is 283 g/mol. The lowest BCUT2D eigenvalue weighted by Crippen LogP contribution is -2.41. The molecule has 2 aromatic carbocycles. The summed E-state index contributed by atoms with van der Waals surface area (Å²) in [6.07, 6.45) is 1.37. The molecule has 2 heteroatoms. The molecule has 112 valence electrons. The molecule has 0 spiro atoms. The topological polar surface area (TPSA) is 32.3 Å². The Kier molecular flexibility index (Phi) is 5.54. The van der Waals surface area contributed by atoms with E-state index in [1.54, 1.807) is 0 Å². The number of aliphatic hydroxyl groups excluding tert-OH is 1. The van der Waals surface area contributed by atoms with E-state index >= 15 is 0 Å². The molecular formula is C19H25NO. The van der Waals surface area contributed by atoms with Crippen LogP contribution in [0.3, 0.4) is 0 Å². The first-order chi connectivity index (χ1) is 10.1. The molecule has 2 rings (SSSR count). The Morgan fingerprint density at radius 3 is 2.14 bits per heavy atom. The minimum atomic E-state index is -0.326. The van der Waals surface area contributed by atoms with Gasteiger partial charge in [-0.05, 0) is 37.8 Å². The van der Waals surface area contributed by atoms with E-state index in [0.29, 0.717) is 6.54 Å². The zero-order chi connectivity index (χ0) is 15.1. The van der Waals surface area contributed by atoms with Crippen molar-refractivity contribution in [3.8, 4) is 0 Å². The van der Waals surface area contributed by atoms with E-state index in [9.17, 15) is 5.11 Å². The highest BCUT2D eigenvalue weighted by atomic mass is 16.3. The van der Waals surface area contributed by atoms with E-state index in [1.807, 2.05) is 36.4 Å². The van der Waals surface area contributed by atoms with Crippen LogP contribution in [-0.2, 0) is 12.0 Å². The fourth-order valence-electron chi connectivity index (χ4n) is 2.41. The van der Waals surface area contributed by atoms with Crippen molar-refractivity contribution < 1.29 is 5.11 Å². The average molecular weight is 283 g/mol. The maximum Gasteiger partial charge on any atom is 0.0668 e. The minimum absolute atomic E-state index is 0.130. The van der Waals surface area contributed by atoms with Gasteiger partial charge in [0.25, 0.3) is 0 Å². The van der Waals surface area contributed by atoms with Crippen molar-refractivity contribution in [1.82, 2.24) is 5.32 Å². The van der Waals surface area contributed by atoms with Gasteiger partial charge in [0, 0.05) is 12.1 Å². The summed E-state index contributed by atoms with van der Waals surface area (Å²) in [6, 6.07) is 20.7. The molecule has 0 radical (unpaired) electrons. The molecule has 0 aliphatic heterocycles. The summed E-state index contributed by atoms with van der Waals surface area (Å²) >= 11 is 0. The lowest BCUT2D eigenvalue weighted by molar-refractivity contribution is 0.149. The molecule has 0 heterocycles. The molecule has 0 aliphatic carbocycles. The Labute approximate surface area is 127 Å². The summed E-state index contributed by atoms with van der Waals surface area (Å²) in [5, 5.41) is 13.6. The van der Waals surface area contributed by atoms with E-state index < -0.39 is 0 Å². The summed E-state index contributed by atoms with van der Waals surface area (Å²) in [4.78, 5) is 0. The summed E-state index contributed by atoms with van der Waals surface area (Å²) in [7, 11) is 0. The number of aryl methyl sites for hydroxylation is 1. The third kappa shape index (κ3) is 5.00. The highest BCUT2D eigenvalue weighted by Gasteiger charge is 2.20. The van der Waals surface area contributed by atoms with Gasteiger partial charge in [0.15, 0.2) is 0 Å². The summed E-state index contributed by atoms with van der Waals surface area (Å²) in [6.45, 7) is 4.90. The van der Waals surface area contributed by atoms with Gasteiger partial charge in [-0.3, -0.25) is 0 Å². The van der Waals surface area contributed by atoms with Crippen LogP contribution in [0.1, 0.15) is 31.4 Å². The normalized spacial score (nSPS) is 13.1. The van der Waals surface area contributed by atoms with Crippen LogP contribution in [-0.4, -0.2) is 17.8 Å². The van der Waals surface area contributed by atoms with Crippen LogP contribution in [0.5, 0.6) is 0 Å². The van der Waals surface area contributed by atoms with Crippen molar-refractivity contribution >= 4 is 0 Å². The number of nitrogens with one attached hydrogen (secondary N) is 1. The smallest absolute Gasteiger partial charge is 0.0668 e. The number of aliphatic hydroxyl groups is 1. The molecule has 1 atom stereocenters. The molecule has 0 aromatic heterocycles. The van der Waals surface area contributed by atoms with Gasteiger partial charge in [-0.25, -0.2) is 0 Å². The lowest BCUT2D eigenvalue weighted by atomic mass is 9.94. The third-order valence-electron chi connectivity index (χ3n) is 3.88. The van der Waals surface area contributed by atoms with Gasteiger partial charge >= 0.3 is 0 Å². The molecule has 0 bridgehead atoms. The van der Waals surface area contributed by atoms with Crippen LogP contribution in [0, 0.1) is 0 Å². The van der Waals surface area contributed by atoms with Crippen LogP contribution in [0.2, 0.25) is 0 Å². The number of hydrogen-bond donors (Lipinski definition) is 2. The highest BCUT2D eigenvalue weighted by molar-refractivity contribution is 5.22. The molecule has 1 unspecified atom stereocenters. The van der Waals surface area contributed by atoms with Crippen LogP contribution in [0.4, 0.5) is 0 Å². The maximum absolute atomic E-state index is 10.2. The quantitative estimate of drug-likeness (QED) is 0.815. The van der Waals surface area contributed by atoms with Crippen LogP contribution >= 0.6 is 0 Å². The molecule has 0 saturated carbocycles. The van der Waals surface area contributed by atoms with Crippen molar-refractivity contribution in [2.45, 2.75) is 38.3 Å². The predicted octanol–water partition coefficient (Wildman–Crippen LogP) is 3.51. The van der Waals surface area contributed by atoms with Gasteiger partial charge in [-0.2, -0.15) is 0 Å². The number of hydrogen-bond acceptors (Lipinski definition) is 2. The van der Waals surface area contributed by atoms with Crippen molar-refractivity contribution in [1.29, 1.82) is 0 Å². The van der Waals surface area contributed by atoms with Gasteiger partial charge in [0.1, 0.15) is 0 Å². The van der Waals surface area contributed by atoms with Crippen molar-refractivity contribution in [2.75, 3.05) is 6.54 Å². The van der Waals surface area contributed by atoms with Crippen LogP contribution < -0.4 is 5.32 Å². The summed E-state index contributed by atoms with van der Waals surface area (Å²) in [5.41, 5.74) is 2.38. The number of benzene rings is 2. The van der Waals surface area contributed by atoms with Gasteiger partial charge in [0.05, 0.1) is 6.10 Å². The van der Waals surface area contributed by atoms with E-state index in [4.69, 9.17) is 0 Å². The van der Waals surface area contributed by atoms with Crippen molar-refractivity contribution in [3.63, 3.8) is 0 Å². The Morgan fingerprint density at radius 1 is 0.952 bits per heavy atom. The zero-order valence-corrected chi connectivity index (χ0v) is 12.9. The van der Waals surface area contributed by atoms with Gasteiger partial charge in [-0.1, -0.05) is 60.7 Å². The fraction of sp³-hybridized carbons (Fsp3) is 0.368. The second kappa shape index (κ2) is 7.39. The predicted molar refractivity (Wildman–Crippen MR) is 88.2 cm³/mol. The third-order valence-corrected chi connectivity index (χ3v) is 3.88. The average Bonchev–Trinajstić information content (AvgIpc) is 2.53. The maximum atomic E-state index is 10.2. The standard InChI is InChI=1S/C19H25NO/c1-19(2,17-11-7-4-8-12-17)20-15-18(21)14-13-16-9-5-3-6-10-16/h3-12,18,20-21H,13-15H2,1-2H3. The highest BCUT2D eigenvalue weighted by Crippen LogP contribution is 2.19. The number of rotatable bonds is 7. The first-order valence-corrected chi connectivity index (χ1v) is 7.60. The molecule has 2 nitrogen and oxygen atoms in total. The first kappa shape index (κ1) is 15.7. The van der Waals surface area contributed by atoms with Gasteiger partial charge in [-0.15, -0.1) is 0 Å². The Bertz CT molecular complexity index is 522. The van der Waals surface area contributed by atoms with Crippen LogP contribution in [0.15, 0.2) is 60.7 Å². The molecule has 2 N–H and O–H groups in total. The van der Waals surface area contributed by atoms with Gasteiger partial charge < -0.3 is 10.4 Å². The van der Waals surface area contributed by atoms with Crippen LogP contribution in [0.25, 0.3) is 0 Å². The summed E-state index contributed by atoms with van der Waals surface area (Å²) in [5.74, 6) is 0. The van der Waals surface area contributed by atoms with E-state index in [-0.39, 0.29) is 11.6 Å². The van der Waals surface area contributed by atoms with E-state index in [1.165, 1.54) is 11.1 Å². The molecular weight excluding hydrogens is 258 g/mol. The molecule has 0 saturated heterocycles. The first-order valence-electron chi connectivity index (χ1n) is 7.60. The minimum Gasteiger partial charge on any atom is -0.392 e. The Balaban J connectivity index is 1.79. The SMILES string of the molecule is CC(C)(NCC(O)CCc1ccccc1)c1ccccc1. The van der Waals surface area contributed by atoms with E-state index in [0.717, 1.165) is 12.8 Å². The molecule has 0 aliphatic rings. The van der Waals surface area contributed by atoms with Crippen molar-refractivity contribution in [3.05, 3.63) is 71.8 Å². The molecule has 0 fully saturated rings. The molecule has 2 aromatic rings. The van der Waals surface area contributed by atoms with E-state index in [2.05, 4.69) is 43.4 Å². The van der Waals surface area contributed by atoms with Gasteiger partial charge in [0.2, 0.25) is 0 Å². The second-order valence-corrected chi connectivity index (χ2v) is 6.05. The fourth-order valence-corrected chi connectivity index (χ4v) is 2.41. The summed E-state index contributed by atoms with van der Waals surface area (Å²) < 4.78 is 0. The second-order valence-electron chi connectivity index (χ2n) is 6.05. The lowest BCUT2D eigenvalue weighted by Gasteiger charge is -2.28. The molecule has 21 heavy (non-hydrogen) atoms. The van der Waals surface area contributed by atoms with Crippen molar-refractivity contribution in [2.24, 2.45) is 0 Å². The Morgan fingerprint density at radius 2 is 1.52 bits per heavy atom. The largest absolute Gasteiger partial charge is 0.392 e. The molecule has 0 amide bonds. The Hall–Kier alpha value is -1.64.